The summed E-state index contributed by atoms with van der Waals surface area (Å²) in [5, 5.41) is 16.9. The van der Waals surface area contributed by atoms with Crippen LogP contribution in [0.2, 0.25) is 5.31 Å². The van der Waals surface area contributed by atoms with E-state index in [4.69, 9.17) is 10.0 Å². The Balaban J connectivity index is 3.39. The minimum atomic E-state index is -1.16. The quantitative estimate of drug-likeness (QED) is 0.455. The van der Waals surface area contributed by atoms with Crippen LogP contribution in [0.1, 0.15) is 20.8 Å². The zero-order valence-electron chi connectivity index (χ0n) is 5.68. The van der Waals surface area contributed by atoms with Crippen LogP contribution in [-0.2, 0) is 0 Å². The van der Waals surface area contributed by atoms with Gasteiger partial charge >= 0.3 is 7.01 Å². The number of hydrogen-bond acceptors (Lipinski definition) is 2. The van der Waals surface area contributed by atoms with Crippen molar-refractivity contribution in [1.29, 1.82) is 0 Å². The maximum Gasteiger partial charge on any atom is 0.397 e. The molecule has 0 aromatic carbocycles. The van der Waals surface area contributed by atoms with Crippen molar-refractivity contribution in [2.75, 3.05) is 0 Å². The van der Waals surface area contributed by atoms with Crippen molar-refractivity contribution in [1.82, 2.24) is 0 Å². The predicted octanol–water partition coefficient (Wildman–Crippen LogP) is -0.389. The fraction of sp³-hybridized carbons (Fsp3) is 1.00. The van der Waals surface area contributed by atoms with Gasteiger partial charge in [0.15, 0.2) is 7.17 Å². The van der Waals surface area contributed by atoms with E-state index in [-0.39, 0.29) is 5.31 Å². The first-order valence-corrected chi connectivity index (χ1v) is 2.78. The van der Waals surface area contributed by atoms with Crippen LogP contribution in [-0.4, -0.2) is 24.2 Å². The first-order valence-electron chi connectivity index (χ1n) is 2.78. The van der Waals surface area contributed by atoms with Gasteiger partial charge in [-0.2, -0.15) is 0 Å². The molecule has 0 saturated heterocycles. The molecule has 2 N–H and O–H groups in total. The fourth-order valence-corrected chi connectivity index (χ4v) is 0.548. The lowest BCUT2D eigenvalue weighted by Gasteiger charge is -2.14. The van der Waals surface area contributed by atoms with Crippen molar-refractivity contribution < 1.29 is 10.0 Å². The molecule has 0 aliphatic rings. The Kier molecular flexibility index (Phi) is 2.57. The zero-order chi connectivity index (χ0) is 6.78. The summed E-state index contributed by atoms with van der Waals surface area (Å²) in [5.74, 6) is 0. The summed E-state index contributed by atoms with van der Waals surface area (Å²) in [7, 11) is -0.720. The van der Waals surface area contributed by atoms with Gasteiger partial charge in [0.2, 0.25) is 0 Å². The summed E-state index contributed by atoms with van der Waals surface area (Å²) >= 11 is 0. The molecule has 0 aromatic rings. The Morgan fingerprint density at radius 3 is 1.62 bits per heavy atom. The summed E-state index contributed by atoms with van der Waals surface area (Å²) in [4.78, 5) is 0. The third-order valence-electron chi connectivity index (χ3n) is 0.795. The molecule has 0 aliphatic carbocycles. The van der Waals surface area contributed by atoms with Crippen molar-refractivity contribution in [3.05, 3.63) is 0 Å². The van der Waals surface area contributed by atoms with Crippen molar-refractivity contribution in [3.8, 4) is 0 Å². The van der Waals surface area contributed by atoms with Gasteiger partial charge in [-0.15, -0.1) is 0 Å². The molecule has 0 amide bonds. The maximum atomic E-state index is 8.44. The van der Waals surface area contributed by atoms with E-state index in [1.807, 2.05) is 20.8 Å². The second-order valence-electron chi connectivity index (χ2n) is 3.25. The minimum absolute atomic E-state index is 0.0220. The molecule has 0 unspecified atom stereocenters. The van der Waals surface area contributed by atoms with Crippen LogP contribution in [0.15, 0.2) is 0 Å². The van der Waals surface area contributed by atoms with E-state index in [0.717, 1.165) is 0 Å². The van der Waals surface area contributed by atoms with Gasteiger partial charge in [-0.05, 0) is 0 Å². The van der Waals surface area contributed by atoms with Gasteiger partial charge in [0.1, 0.15) is 0 Å². The Morgan fingerprint density at radius 2 is 1.62 bits per heavy atom. The fourth-order valence-electron chi connectivity index (χ4n) is 0.548. The Bertz CT molecular complexity index is 66.9. The van der Waals surface area contributed by atoms with Crippen LogP contribution in [0, 0.1) is 0 Å². The summed E-state index contributed by atoms with van der Waals surface area (Å²) in [6.07, 6.45) is 0. The smallest absolute Gasteiger partial charge is 0.397 e. The van der Waals surface area contributed by atoms with Crippen LogP contribution >= 0.6 is 0 Å². The Labute approximate surface area is 51.3 Å². The lowest BCUT2D eigenvalue weighted by molar-refractivity contribution is 0.431. The third kappa shape index (κ3) is 6.05. The normalized spacial score (nSPS) is 11.1. The van der Waals surface area contributed by atoms with Crippen LogP contribution in [0.4, 0.5) is 0 Å². The monoisotopic (exact) mass is 114 g/mol. The standard InChI is InChI=1S/C4H12B2O2/c1-4(2,3)5-6(7)8/h5,7-8H,1-3H3. The SMILES string of the molecule is CC(C)(C)BB(O)O. The lowest BCUT2D eigenvalue weighted by Crippen LogP contribution is -2.28. The highest BCUT2D eigenvalue weighted by Gasteiger charge is 2.20. The van der Waals surface area contributed by atoms with Crippen molar-refractivity contribution >= 4 is 14.2 Å². The molecule has 0 heterocycles. The highest BCUT2D eigenvalue weighted by Crippen LogP contribution is 2.19. The van der Waals surface area contributed by atoms with Crippen LogP contribution in [0.5, 0.6) is 0 Å². The van der Waals surface area contributed by atoms with Gasteiger partial charge in [-0.1, -0.05) is 26.1 Å². The van der Waals surface area contributed by atoms with Gasteiger partial charge in [-0.25, -0.2) is 0 Å². The maximum absolute atomic E-state index is 8.44. The van der Waals surface area contributed by atoms with Gasteiger partial charge in [0, 0.05) is 0 Å². The molecule has 0 radical (unpaired) electrons. The third-order valence-corrected chi connectivity index (χ3v) is 0.795. The van der Waals surface area contributed by atoms with E-state index in [9.17, 15) is 0 Å². The summed E-state index contributed by atoms with van der Waals surface area (Å²) < 4.78 is 0. The molecule has 0 rings (SSSR count). The molecule has 0 bridgehead atoms. The van der Waals surface area contributed by atoms with Gasteiger partial charge in [0.05, 0.1) is 0 Å². The van der Waals surface area contributed by atoms with E-state index in [1.54, 1.807) is 0 Å². The summed E-state index contributed by atoms with van der Waals surface area (Å²) in [6.45, 7) is 5.89. The molecular formula is C4H12B2O2. The topological polar surface area (TPSA) is 40.5 Å². The second kappa shape index (κ2) is 2.55. The minimum Gasteiger partial charge on any atom is -0.434 e. The molecule has 0 aromatic heterocycles. The van der Waals surface area contributed by atoms with E-state index in [2.05, 4.69) is 0 Å². The molecule has 0 saturated carbocycles. The van der Waals surface area contributed by atoms with Gasteiger partial charge in [-0.3, -0.25) is 0 Å². The van der Waals surface area contributed by atoms with E-state index in [1.165, 1.54) is 0 Å². The molecule has 4 heteroatoms. The molecule has 8 heavy (non-hydrogen) atoms. The Morgan fingerprint density at radius 1 is 1.25 bits per heavy atom. The molecule has 0 aliphatic heterocycles. The highest BCUT2D eigenvalue weighted by atomic mass is 16.4. The molecule has 0 fully saturated rings. The second-order valence-corrected chi connectivity index (χ2v) is 3.25. The number of hydrogen-bond donors (Lipinski definition) is 2. The molecular weight excluding hydrogens is 102 g/mol. The number of rotatable bonds is 1. The Hall–Kier alpha value is 0.0499. The molecule has 2 nitrogen and oxygen atoms in total. The summed E-state index contributed by atoms with van der Waals surface area (Å²) in [5.41, 5.74) is 0. The van der Waals surface area contributed by atoms with Crippen LogP contribution in [0.25, 0.3) is 0 Å². The van der Waals surface area contributed by atoms with Crippen molar-refractivity contribution in [2.45, 2.75) is 26.1 Å². The zero-order valence-corrected chi connectivity index (χ0v) is 5.68. The van der Waals surface area contributed by atoms with Crippen LogP contribution in [0.3, 0.4) is 0 Å². The molecule has 0 atom stereocenters. The predicted molar refractivity (Wildman–Crippen MR) is 37.1 cm³/mol. The first-order chi connectivity index (χ1) is 3.42. The highest BCUT2D eigenvalue weighted by molar-refractivity contribution is 7.05. The van der Waals surface area contributed by atoms with Gasteiger partial charge in [0.25, 0.3) is 0 Å². The summed E-state index contributed by atoms with van der Waals surface area (Å²) in [6, 6.07) is 0. The largest absolute Gasteiger partial charge is 0.434 e. The average Bonchev–Trinajstić information content (AvgIpc) is 1.21. The van der Waals surface area contributed by atoms with E-state index in [0.29, 0.717) is 7.17 Å². The molecule has 0 spiro atoms. The van der Waals surface area contributed by atoms with E-state index < -0.39 is 7.01 Å². The average molecular weight is 114 g/mol. The van der Waals surface area contributed by atoms with Crippen molar-refractivity contribution in [3.63, 3.8) is 0 Å². The van der Waals surface area contributed by atoms with E-state index >= 15 is 0 Å². The lowest BCUT2D eigenvalue weighted by atomic mass is 9.33. The molecule has 46 valence electrons. The van der Waals surface area contributed by atoms with Gasteiger partial charge < -0.3 is 10.0 Å². The first kappa shape index (κ1) is 8.05. The van der Waals surface area contributed by atoms with Crippen LogP contribution < -0.4 is 0 Å². The van der Waals surface area contributed by atoms with Crippen molar-refractivity contribution in [2.24, 2.45) is 0 Å².